The van der Waals surface area contributed by atoms with Gasteiger partial charge in [-0.05, 0) is 24.6 Å². The Kier molecular flexibility index (Phi) is 3.95. The highest BCUT2D eigenvalue weighted by molar-refractivity contribution is 6.12. The van der Waals surface area contributed by atoms with Crippen LogP contribution in [-0.2, 0) is 0 Å². The van der Waals surface area contributed by atoms with E-state index in [1.54, 1.807) is 11.0 Å². The molecule has 0 atom stereocenters. The summed E-state index contributed by atoms with van der Waals surface area (Å²) in [4.78, 5) is 25.5. The van der Waals surface area contributed by atoms with Gasteiger partial charge in [-0.1, -0.05) is 36.4 Å². The van der Waals surface area contributed by atoms with Crippen LogP contribution in [0.3, 0.4) is 0 Å². The summed E-state index contributed by atoms with van der Waals surface area (Å²) in [6.45, 7) is 5.15. The summed E-state index contributed by atoms with van der Waals surface area (Å²) in [5, 5.41) is 1.81. The molecule has 0 spiro atoms. The first-order valence-corrected chi connectivity index (χ1v) is 6.49. The Bertz CT molecular complexity index is 615. The molecule has 0 bridgehead atoms. The van der Waals surface area contributed by atoms with Crippen LogP contribution in [0, 0.1) is 0 Å². The first kappa shape index (κ1) is 13.3. The van der Waals surface area contributed by atoms with Crippen LogP contribution in [0.15, 0.2) is 36.4 Å². The van der Waals surface area contributed by atoms with E-state index in [0.29, 0.717) is 24.2 Å². The number of hydrogen-bond donors (Lipinski definition) is 0. The van der Waals surface area contributed by atoms with Crippen molar-refractivity contribution in [1.29, 1.82) is 0 Å². The van der Waals surface area contributed by atoms with Gasteiger partial charge in [-0.15, -0.1) is 0 Å². The van der Waals surface area contributed by atoms with Crippen molar-refractivity contribution in [3.8, 4) is 0 Å². The molecular formula is C16H17NO2. The van der Waals surface area contributed by atoms with Crippen molar-refractivity contribution in [3.05, 3.63) is 47.5 Å². The van der Waals surface area contributed by atoms with Crippen molar-refractivity contribution < 1.29 is 9.59 Å². The average Bonchev–Trinajstić information content (AvgIpc) is 2.47. The number of fused-ring (bicyclic) bond motifs is 1. The third-order valence-corrected chi connectivity index (χ3v) is 3.35. The van der Waals surface area contributed by atoms with Gasteiger partial charge in [0.1, 0.15) is 0 Å². The van der Waals surface area contributed by atoms with E-state index in [-0.39, 0.29) is 5.91 Å². The minimum atomic E-state index is -0.0797. The van der Waals surface area contributed by atoms with E-state index in [0.717, 1.165) is 17.1 Å². The maximum Gasteiger partial charge on any atom is 0.255 e. The summed E-state index contributed by atoms with van der Waals surface area (Å²) < 4.78 is 0. The van der Waals surface area contributed by atoms with E-state index in [9.17, 15) is 9.59 Å². The van der Waals surface area contributed by atoms with Crippen molar-refractivity contribution >= 4 is 23.0 Å². The summed E-state index contributed by atoms with van der Waals surface area (Å²) in [5.74, 6) is -0.0797. The Morgan fingerprint density at radius 2 is 1.79 bits per heavy atom. The van der Waals surface area contributed by atoms with Crippen molar-refractivity contribution in [3.63, 3.8) is 0 Å². The lowest BCUT2D eigenvalue weighted by Gasteiger charge is -2.20. The van der Waals surface area contributed by atoms with Gasteiger partial charge in [0.25, 0.3) is 5.91 Å². The van der Waals surface area contributed by atoms with Crippen LogP contribution >= 0.6 is 0 Å². The standard InChI is InChI=1S/C16H17NO2/c1-3-17(4-2)16(19)15-13(11-18)10-9-12-7-5-6-8-14(12)15/h5-11H,3-4H2,1-2H3. The van der Waals surface area contributed by atoms with E-state index in [1.807, 2.05) is 44.2 Å². The minimum absolute atomic E-state index is 0.0797. The van der Waals surface area contributed by atoms with Crippen LogP contribution in [0.2, 0.25) is 0 Å². The van der Waals surface area contributed by atoms with Gasteiger partial charge in [-0.25, -0.2) is 0 Å². The zero-order chi connectivity index (χ0) is 13.8. The van der Waals surface area contributed by atoms with E-state index < -0.39 is 0 Å². The molecule has 2 aromatic rings. The summed E-state index contributed by atoms with van der Waals surface area (Å²) >= 11 is 0. The number of carbonyl (C=O) groups excluding carboxylic acids is 2. The summed E-state index contributed by atoms with van der Waals surface area (Å²) in [6.07, 6.45) is 0.753. The normalized spacial score (nSPS) is 10.4. The van der Waals surface area contributed by atoms with E-state index in [4.69, 9.17) is 0 Å². The molecule has 0 radical (unpaired) electrons. The molecule has 1 amide bonds. The van der Waals surface area contributed by atoms with Gasteiger partial charge in [-0.2, -0.15) is 0 Å². The number of aldehydes is 1. The molecule has 0 aliphatic rings. The molecule has 0 aliphatic carbocycles. The highest BCUT2D eigenvalue weighted by Gasteiger charge is 2.19. The molecule has 2 aromatic carbocycles. The van der Waals surface area contributed by atoms with Gasteiger partial charge in [0.05, 0.1) is 5.56 Å². The molecule has 3 heteroatoms. The molecule has 0 N–H and O–H groups in total. The fourth-order valence-corrected chi connectivity index (χ4v) is 2.29. The Balaban J connectivity index is 2.68. The predicted molar refractivity (Wildman–Crippen MR) is 76.6 cm³/mol. The zero-order valence-electron chi connectivity index (χ0n) is 11.2. The molecule has 0 aliphatic heterocycles. The topological polar surface area (TPSA) is 37.4 Å². The summed E-state index contributed by atoms with van der Waals surface area (Å²) in [6, 6.07) is 11.2. The van der Waals surface area contributed by atoms with Crippen molar-refractivity contribution in [1.82, 2.24) is 4.90 Å². The summed E-state index contributed by atoms with van der Waals surface area (Å²) in [5.41, 5.74) is 0.965. The van der Waals surface area contributed by atoms with Crippen molar-refractivity contribution in [2.75, 3.05) is 13.1 Å². The molecule has 0 saturated heterocycles. The highest BCUT2D eigenvalue weighted by atomic mass is 16.2. The third kappa shape index (κ3) is 2.36. The Hall–Kier alpha value is -2.16. The highest BCUT2D eigenvalue weighted by Crippen LogP contribution is 2.23. The van der Waals surface area contributed by atoms with Crippen LogP contribution in [-0.4, -0.2) is 30.2 Å². The lowest BCUT2D eigenvalue weighted by Crippen LogP contribution is -2.31. The third-order valence-electron chi connectivity index (χ3n) is 3.35. The lowest BCUT2D eigenvalue weighted by atomic mass is 9.98. The second-order valence-corrected chi connectivity index (χ2v) is 4.35. The number of carbonyl (C=O) groups is 2. The van der Waals surface area contributed by atoms with Crippen LogP contribution in [0.25, 0.3) is 10.8 Å². The smallest absolute Gasteiger partial charge is 0.255 e. The van der Waals surface area contributed by atoms with Crippen LogP contribution in [0.4, 0.5) is 0 Å². The number of nitrogens with zero attached hydrogens (tertiary/aromatic N) is 1. The molecule has 0 heterocycles. The molecular weight excluding hydrogens is 238 g/mol. The molecule has 3 nitrogen and oxygen atoms in total. The van der Waals surface area contributed by atoms with Gasteiger partial charge in [0.2, 0.25) is 0 Å². The van der Waals surface area contributed by atoms with Gasteiger partial charge in [0.15, 0.2) is 6.29 Å². The van der Waals surface area contributed by atoms with Gasteiger partial charge in [0, 0.05) is 18.7 Å². The van der Waals surface area contributed by atoms with E-state index >= 15 is 0 Å². The number of hydrogen-bond acceptors (Lipinski definition) is 2. The maximum absolute atomic E-state index is 12.6. The number of benzene rings is 2. The monoisotopic (exact) mass is 255 g/mol. The number of rotatable bonds is 4. The fourth-order valence-electron chi connectivity index (χ4n) is 2.29. The van der Waals surface area contributed by atoms with Crippen LogP contribution in [0.5, 0.6) is 0 Å². The molecule has 0 saturated carbocycles. The molecule has 0 unspecified atom stereocenters. The quantitative estimate of drug-likeness (QED) is 0.787. The van der Waals surface area contributed by atoms with E-state index in [2.05, 4.69) is 0 Å². The van der Waals surface area contributed by atoms with Gasteiger partial charge in [-0.3, -0.25) is 9.59 Å². The molecule has 98 valence electrons. The largest absolute Gasteiger partial charge is 0.339 e. The van der Waals surface area contributed by atoms with Gasteiger partial charge >= 0.3 is 0 Å². The second-order valence-electron chi connectivity index (χ2n) is 4.35. The predicted octanol–water partition coefficient (Wildman–Crippen LogP) is 3.13. The molecule has 2 rings (SSSR count). The molecule has 19 heavy (non-hydrogen) atoms. The van der Waals surface area contributed by atoms with Crippen LogP contribution < -0.4 is 0 Å². The molecule has 0 fully saturated rings. The zero-order valence-corrected chi connectivity index (χ0v) is 11.2. The maximum atomic E-state index is 12.6. The van der Waals surface area contributed by atoms with Crippen molar-refractivity contribution in [2.45, 2.75) is 13.8 Å². The SMILES string of the molecule is CCN(CC)C(=O)c1c(C=O)ccc2ccccc12. The van der Waals surface area contributed by atoms with Gasteiger partial charge < -0.3 is 4.90 Å². The van der Waals surface area contributed by atoms with Crippen LogP contribution in [0.1, 0.15) is 34.6 Å². The average molecular weight is 255 g/mol. The fraction of sp³-hybridized carbons (Fsp3) is 0.250. The minimum Gasteiger partial charge on any atom is -0.339 e. The van der Waals surface area contributed by atoms with Crippen molar-refractivity contribution in [2.24, 2.45) is 0 Å². The first-order chi connectivity index (χ1) is 9.22. The molecule has 0 aromatic heterocycles. The number of amides is 1. The first-order valence-electron chi connectivity index (χ1n) is 6.49. The van der Waals surface area contributed by atoms with E-state index in [1.165, 1.54) is 0 Å². The Labute approximate surface area is 112 Å². The second kappa shape index (κ2) is 5.65. The summed E-state index contributed by atoms with van der Waals surface area (Å²) in [7, 11) is 0. The Morgan fingerprint density at radius 1 is 1.11 bits per heavy atom. The Morgan fingerprint density at radius 3 is 2.42 bits per heavy atom. The lowest BCUT2D eigenvalue weighted by molar-refractivity contribution is 0.0772.